The number of aromatic amines is 1. The van der Waals surface area contributed by atoms with Gasteiger partial charge in [-0.2, -0.15) is 0 Å². The molecule has 2 heteroatoms. The standard InChI is InChI=1S/C7H5N2/c1-2-6-7(8-4-1)3-5-9-6/h1,3-5,9H. The van der Waals surface area contributed by atoms with Gasteiger partial charge in [-0.25, -0.2) is 0 Å². The number of rotatable bonds is 0. The van der Waals surface area contributed by atoms with Crippen molar-refractivity contribution in [3.8, 4) is 0 Å². The third-order valence-electron chi connectivity index (χ3n) is 1.24. The lowest BCUT2D eigenvalue weighted by Gasteiger charge is -1.81. The second-order valence-electron chi connectivity index (χ2n) is 1.83. The van der Waals surface area contributed by atoms with Crippen molar-refractivity contribution in [2.75, 3.05) is 0 Å². The number of aromatic nitrogens is 2. The molecule has 43 valence electrons. The van der Waals surface area contributed by atoms with Crippen LogP contribution >= 0.6 is 0 Å². The highest BCUT2D eigenvalue weighted by Gasteiger charge is 1.89. The zero-order valence-corrected chi connectivity index (χ0v) is 4.76. The summed E-state index contributed by atoms with van der Waals surface area (Å²) in [6.45, 7) is 0. The molecular weight excluding hydrogens is 112 g/mol. The minimum atomic E-state index is 0.970. The van der Waals surface area contributed by atoms with Crippen molar-refractivity contribution in [3.05, 3.63) is 30.6 Å². The van der Waals surface area contributed by atoms with Crippen molar-refractivity contribution in [1.82, 2.24) is 9.97 Å². The highest BCUT2D eigenvalue weighted by molar-refractivity contribution is 5.73. The van der Waals surface area contributed by atoms with E-state index in [2.05, 4.69) is 16.0 Å². The average molecular weight is 117 g/mol. The van der Waals surface area contributed by atoms with Gasteiger partial charge >= 0.3 is 0 Å². The monoisotopic (exact) mass is 117 g/mol. The Hall–Kier alpha value is -1.31. The Kier molecular flexibility index (Phi) is 0.803. The van der Waals surface area contributed by atoms with Gasteiger partial charge in [-0.05, 0) is 12.1 Å². The molecule has 0 atom stereocenters. The van der Waals surface area contributed by atoms with Crippen molar-refractivity contribution in [2.45, 2.75) is 0 Å². The first-order valence-corrected chi connectivity index (χ1v) is 2.76. The fourth-order valence-electron chi connectivity index (χ4n) is 0.823. The Bertz CT molecular complexity index is 281. The van der Waals surface area contributed by atoms with Crippen molar-refractivity contribution < 1.29 is 0 Å². The molecule has 0 aliphatic heterocycles. The molecule has 0 aliphatic rings. The first-order chi connectivity index (χ1) is 4.47. The van der Waals surface area contributed by atoms with E-state index in [1.165, 1.54) is 0 Å². The van der Waals surface area contributed by atoms with Gasteiger partial charge in [-0.15, -0.1) is 0 Å². The molecule has 2 aromatic heterocycles. The Morgan fingerprint density at radius 2 is 2.56 bits per heavy atom. The van der Waals surface area contributed by atoms with E-state index in [0.29, 0.717) is 0 Å². The van der Waals surface area contributed by atoms with Gasteiger partial charge in [-0.1, -0.05) is 0 Å². The average Bonchev–Trinajstić information content (AvgIpc) is 2.33. The van der Waals surface area contributed by atoms with Gasteiger partial charge in [0.25, 0.3) is 0 Å². The number of nitrogens with zero attached hydrogens (tertiary/aromatic N) is 1. The second kappa shape index (κ2) is 1.58. The maximum Gasteiger partial charge on any atom is 0.0885 e. The summed E-state index contributed by atoms with van der Waals surface area (Å²) in [4.78, 5) is 7.08. The highest BCUT2D eigenvalue weighted by atomic mass is 14.7. The number of H-pyrrole nitrogens is 1. The molecule has 0 unspecified atom stereocenters. The van der Waals surface area contributed by atoms with Crippen molar-refractivity contribution in [2.24, 2.45) is 0 Å². The molecule has 1 radical (unpaired) electrons. The molecule has 0 aliphatic carbocycles. The zero-order chi connectivity index (χ0) is 6.10. The van der Waals surface area contributed by atoms with E-state index < -0.39 is 0 Å². The Balaban J connectivity index is 2.95. The lowest BCUT2D eigenvalue weighted by atomic mass is 10.4. The van der Waals surface area contributed by atoms with Crippen LogP contribution in [0.4, 0.5) is 0 Å². The van der Waals surface area contributed by atoms with E-state index >= 15 is 0 Å². The third kappa shape index (κ3) is 0.598. The van der Waals surface area contributed by atoms with Crippen LogP contribution in [0.5, 0.6) is 0 Å². The van der Waals surface area contributed by atoms with Gasteiger partial charge in [0.15, 0.2) is 0 Å². The van der Waals surface area contributed by atoms with Gasteiger partial charge in [0.1, 0.15) is 0 Å². The highest BCUT2D eigenvalue weighted by Crippen LogP contribution is 2.04. The van der Waals surface area contributed by atoms with Gasteiger partial charge in [0, 0.05) is 18.5 Å². The quantitative estimate of drug-likeness (QED) is 0.554. The van der Waals surface area contributed by atoms with Crippen molar-refractivity contribution in [1.29, 1.82) is 0 Å². The summed E-state index contributed by atoms with van der Waals surface area (Å²) in [7, 11) is 0. The number of pyridine rings is 1. The first-order valence-electron chi connectivity index (χ1n) is 2.76. The van der Waals surface area contributed by atoms with Crippen molar-refractivity contribution >= 4 is 11.0 Å². The van der Waals surface area contributed by atoms with Crippen LogP contribution in [0, 0.1) is 6.07 Å². The predicted octanol–water partition coefficient (Wildman–Crippen LogP) is 1.36. The summed E-state index contributed by atoms with van der Waals surface area (Å²) in [6.07, 6.45) is 3.59. The zero-order valence-electron chi connectivity index (χ0n) is 4.76. The molecule has 0 saturated heterocycles. The summed E-state index contributed by atoms with van der Waals surface area (Å²) in [5.41, 5.74) is 1.94. The van der Waals surface area contributed by atoms with Crippen LogP contribution in [0.2, 0.25) is 0 Å². The molecule has 0 spiro atoms. The molecule has 1 N–H and O–H groups in total. The molecule has 0 saturated carbocycles. The van der Waals surface area contributed by atoms with E-state index in [-0.39, 0.29) is 0 Å². The lowest BCUT2D eigenvalue weighted by molar-refractivity contribution is 1.40. The molecule has 0 fully saturated rings. The van der Waals surface area contributed by atoms with Gasteiger partial charge in [-0.3, -0.25) is 4.98 Å². The number of hydrogen-bond acceptors (Lipinski definition) is 1. The van der Waals surface area contributed by atoms with Crippen LogP contribution in [-0.4, -0.2) is 9.97 Å². The Labute approximate surface area is 52.5 Å². The summed E-state index contributed by atoms with van der Waals surface area (Å²) in [6, 6.07) is 6.73. The minimum absolute atomic E-state index is 0.970. The van der Waals surface area contributed by atoms with Crippen LogP contribution < -0.4 is 0 Å². The topological polar surface area (TPSA) is 28.7 Å². The fraction of sp³-hybridized carbons (Fsp3) is 0. The summed E-state index contributed by atoms with van der Waals surface area (Å²) < 4.78 is 0. The van der Waals surface area contributed by atoms with Gasteiger partial charge in [0.2, 0.25) is 0 Å². The number of hydrogen-bond donors (Lipinski definition) is 1. The third-order valence-corrected chi connectivity index (χ3v) is 1.24. The Morgan fingerprint density at radius 1 is 1.56 bits per heavy atom. The molecular formula is C7H5N2. The second-order valence-corrected chi connectivity index (χ2v) is 1.83. The molecule has 2 aromatic rings. The van der Waals surface area contributed by atoms with E-state index in [9.17, 15) is 0 Å². The molecule has 0 aromatic carbocycles. The van der Waals surface area contributed by atoms with Crippen LogP contribution in [0.15, 0.2) is 24.5 Å². The minimum Gasteiger partial charge on any atom is -0.359 e. The van der Waals surface area contributed by atoms with Gasteiger partial charge in [0.05, 0.1) is 11.0 Å². The molecule has 0 bridgehead atoms. The molecule has 9 heavy (non-hydrogen) atoms. The largest absolute Gasteiger partial charge is 0.359 e. The number of fused-ring (bicyclic) bond motifs is 1. The fourth-order valence-corrected chi connectivity index (χ4v) is 0.823. The summed E-state index contributed by atoms with van der Waals surface area (Å²) in [5, 5.41) is 0. The van der Waals surface area contributed by atoms with E-state index in [1.54, 1.807) is 12.3 Å². The lowest BCUT2D eigenvalue weighted by Crippen LogP contribution is -1.69. The SMILES string of the molecule is [c]1ccnc2cc[nH]c12. The molecule has 2 rings (SSSR count). The van der Waals surface area contributed by atoms with Crippen LogP contribution in [0.1, 0.15) is 0 Å². The van der Waals surface area contributed by atoms with Crippen LogP contribution in [-0.2, 0) is 0 Å². The normalized spacial score (nSPS) is 10.2. The smallest absolute Gasteiger partial charge is 0.0885 e. The van der Waals surface area contributed by atoms with Crippen molar-refractivity contribution in [3.63, 3.8) is 0 Å². The molecule has 0 amide bonds. The maximum absolute atomic E-state index is 4.08. The van der Waals surface area contributed by atoms with Crippen LogP contribution in [0.25, 0.3) is 11.0 Å². The molecule has 2 nitrogen and oxygen atoms in total. The predicted molar refractivity (Wildman–Crippen MR) is 34.9 cm³/mol. The van der Waals surface area contributed by atoms with E-state index in [1.807, 2.05) is 12.3 Å². The van der Waals surface area contributed by atoms with Crippen LogP contribution in [0.3, 0.4) is 0 Å². The number of nitrogens with one attached hydrogen (secondary N) is 1. The van der Waals surface area contributed by atoms with Gasteiger partial charge < -0.3 is 4.98 Å². The Morgan fingerprint density at radius 3 is 3.44 bits per heavy atom. The molecule has 2 heterocycles. The maximum atomic E-state index is 4.08. The first kappa shape index (κ1) is 4.56. The summed E-state index contributed by atoms with van der Waals surface area (Å²) >= 11 is 0. The van der Waals surface area contributed by atoms with E-state index in [4.69, 9.17) is 0 Å². The van der Waals surface area contributed by atoms with E-state index in [0.717, 1.165) is 11.0 Å². The summed E-state index contributed by atoms with van der Waals surface area (Å²) in [5.74, 6) is 0.